The maximum Gasteiger partial charge on any atom is 0.321 e. The number of nitrogens with one attached hydrogen (secondary N) is 2. The predicted molar refractivity (Wildman–Crippen MR) is 110 cm³/mol. The highest BCUT2D eigenvalue weighted by molar-refractivity contribution is 8.00. The Kier molecular flexibility index (Phi) is 7.51. The number of hydrogen-bond acceptors (Lipinski definition) is 7. The van der Waals surface area contributed by atoms with Gasteiger partial charge in [0.25, 0.3) is 5.22 Å². The number of benzene rings is 1. The van der Waals surface area contributed by atoms with Crippen LogP contribution in [0.4, 0.5) is 4.79 Å². The Morgan fingerprint density at radius 1 is 1.21 bits per heavy atom. The molecule has 156 valence electrons. The molecule has 0 bridgehead atoms. The molecule has 3 amide bonds. The molecule has 2 aromatic rings. The van der Waals surface area contributed by atoms with Crippen molar-refractivity contribution < 1.29 is 18.7 Å². The number of thioether (sulfide) groups is 1. The van der Waals surface area contributed by atoms with Gasteiger partial charge < -0.3 is 14.5 Å². The number of nitrogens with zero attached hydrogens (tertiary/aromatic N) is 2. The van der Waals surface area contributed by atoms with Gasteiger partial charge in [-0.2, -0.15) is 0 Å². The monoisotopic (exact) mass is 418 g/mol. The zero-order valence-electron chi connectivity index (χ0n) is 16.6. The molecular formula is C20H26N4O4S. The number of rotatable bonds is 7. The van der Waals surface area contributed by atoms with Gasteiger partial charge in [0.05, 0.1) is 11.9 Å². The molecule has 2 N–H and O–H groups in total. The van der Waals surface area contributed by atoms with E-state index in [1.54, 1.807) is 6.92 Å². The molecule has 9 heteroatoms. The third-order valence-electron chi connectivity index (χ3n) is 4.64. The first-order valence-corrected chi connectivity index (χ1v) is 10.8. The maximum absolute atomic E-state index is 12.3. The molecule has 3 rings (SSSR count). The summed E-state index contributed by atoms with van der Waals surface area (Å²) in [5.41, 5.74) is 0.761. The number of aromatic nitrogens is 2. The molecule has 29 heavy (non-hydrogen) atoms. The normalized spacial score (nSPS) is 15.5. The SMILES string of the molecule is CCOc1ccc(-c2nnc(S[C@@H](C)C(=O)NC(=O)NC3CCCCC3)o2)cc1. The highest BCUT2D eigenvalue weighted by Crippen LogP contribution is 2.27. The molecule has 1 aromatic heterocycles. The first-order chi connectivity index (χ1) is 14.0. The lowest BCUT2D eigenvalue weighted by atomic mass is 9.96. The first kappa shape index (κ1) is 21.2. The van der Waals surface area contributed by atoms with Gasteiger partial charge >= 0.3 is 6.03 Å². The highest BCUT2D eigenvalue weighted by Gasteiger charge is 2.22. The minimum Gasteiger partial charge on any atom is -0.494 e. The molecule has 1 aromatic carbocycles. The summed E-state index contributed by atoms with van der Waals surface area (Å²) in [4.78, 5) is 24.3. The number of carbonyl (C=O) groups is 2. The van der Waals surface area contributed by atoms with Gasteiger partial charge in [-0.25, -0.2) is 4.79 Å². The minimum atomic E-state index is -0.555. The van der Waals surface area contributed by atoms with Crippen molar-refractivity contribution in [2.75, 3.05) is 6.61 Å². The molecule has 1 aliphatic rings. The van der Waals surface area contributed by atoms with Crippen LogP contribution >= 0.6 is 11.8 Å². The van der Waals surface area contributed by atoms with Crippen molar-refractivity contribution in [2.45, 2.75) is 62.5 Å². The molecule has 1 aliphatic carbocycles. The molecule has 0 aliphatic heterocycles. The second-order valence-electron chi connectivity index (χ2n) is 6.89. The Bertz CT molecular complexity index is 818. The summed E-state index contributed by atoms with van der Waals surface area (Å²) in [6.07, 6.45) is 5.34. The molecule has 0 unspecified atom stereocenters. The van der Waals surface area contributed by atoms with Crippen LogP contribution in [0, 0.1) is 0 Å². The van der Waals surface area contributed by atoms with E-state index in [4.69, 9.17) is 9.15 Å². The second-order valence-corrected chi connectivity index (χ2v) is 8.18. The summed E-state index contributed by atoms with van der Waals surface area (Å²) >= 11 is 1.11. The fraction of sp³-hybridized carbons (Fsp3) is 0.500. The van der Waals surface area contributed by atoms with E-state index in [-0.39, 0.29) is 11.3 Å². The van der Waals surface area contributed by atoms with Gasteiger partial charge in [0.2, 0.25) is 11.8 Å². The van der Waals surface area contributed by atoms with Crippen LogP contribution in [0.3, 0.4) is 0 Å². The summed E-state index contributed by atoms with van der Waals surface area (Å²) in [5, 5.41) is 13.0. The Hall–Kier alpha value is -2.55. The van der Waals surface area contributed by atoms with E-state index in [1.165, 1.54) is 6.42 Å². The number of hydrogen-bond donors (Lipinski definition) is 2. The summed E-state index contributed by atoms with van der Waals surface area (Å²) < 4.78 is 11.0. The van der Waals surface area contributed by atoms with E-state index in [0.29, 0.717) is 12.5 Å². The molecule has 1 heterocycles. The number of carbonyl (C=O) groups excluding carboxylic acids is 2. The Labute approximate surface area is 174 Å². The van der Waals surface area contributed by atoms with E-state index >= 15 is 0 Å². The van der Waals surface area contributed by atoms with Gasteiger partial charge in [0.15, 0.2) is 0 Å². The van der Waals surface area contributed by atoms with Crippen molar-refractivity contribution in [1.82, 2.24) is 20.8 Å². The van der Waals surface area contributed by atoms with Gasteiger partial charge in [-0.3, -0.25) is 10.1 Å². The van der Waals surface area contributed by atoms with Crippen molar-refractivity contribution in [3.63, 3.8) is 0 Å². The summed E-state index contributed by atoms with van der Waals surface area (Å²) in [6, 6.07) is 7.02. The third kappa shape index (κ3) is 6.22. The van der Waals surface area contributed by atoms with Gasteiger partial charge in [0, 0.05) is 11.6 Å². The highest BCUT2D eigenvalue weighted by atomic mass is 32.2. The van der Waals surface area contributed by atoms with E-state index in [0.717, 1.165) is 48.8 Å². The number of urea groups is 1. The number of ether oxygens (including phenoxy) is 1. The topological polar surface area (TPSA) is 106 Å². The Morgan fingerprint density at radius 2 is 1.93 bits per heavy atom. The average Bonchev–Trinajstić information content (AvgIpc) is 3.18. The van der Waals surface area contributed by atoms with Gasteiger partial charge in [-0.1, -0.05) is 31.0 Å². The molecular weight excluding hydrogens is 392 g/mol. The van der Waals surface area contributed by atoms with Gasteiger partial charge in [-0.15, -0.1) is 10.2 Å². The largest absolute Gasteiger partial charge is 0.494 e. The molecule has 1 atom stereocenters. The quantitative estimate of drug-likeness (QED) is 0.659. The first-order valence-electron chi connectivity index (χ1n) is 9.90. The van der Waals surface area contributed by atoms with E-state index < -0.39 is 17.2 Å². The Balaban J connectivity index is 1.50. The molecule has 0 saturated heterocycles. The molecule has 0 spiro atoms. The standard InChI is InChI=1S/C20H26N4O4S/c1-3-27-16-11-9-14(10-12-16)18-23-24-20(28-18)29-13(2)17(25)22-19(26)21-15-7-5-4-6-8-15/h9-13,15H,3-8H2,1-2H3,(H2,21,22,25,26)/t13-/m0/s1. The minimum absolute atomic E-state index is 0.145. The van der Waals surface area contributed by atoms with Gasteiger partial charge in [-0.05, 0) is 51.0 Å². The van der Waals surface area contributed by atoms with E-state index in [9.17, 15) is 9.59 Å². The second kappa shape index (κ2) is 10.3. The van der Waals surface area contributed by atoms with Crippen molar-refractivity contribution in [3.05, 3.63) is 24.3 Å². The van der Waals surface area contributed by atoms with Crippen LogP contribution in [0.25, 0.3) is 11.5 Å². The maximum atomic E-state index is 12.3. The van der Waals surface area contributed by atoms with Crippen LogP contribution < -0.4 is 15.4 Å². The zero-order chi connectivity index (χ0) is 20.6. The number of amides is 3. The van der Waals surface area contributed by atoms with E-state index in [1.807, 2.05) is 31.2 Å². The fourth-order valence-electron chi connectivity index (χ4n) is 3.12. The van der Waals surface area contributed by atoms with Crippen LogP contribution in [-0.2, 0) is 4.79 Å². The predicted octanol–water partition coefficient (Wildman–Crippen LogP) is 3.77. The van der Waals surface area contributed by atoms with Crippen LogP contribution in [-0.4, -0.2) is 40.0 Å². The fourth-order valence-corrected chi connectivity index (χ4v) is 3.80. The lowest BCUT2D eigenvalue weighted by Crippen LogP contribution is -2.47. The zero-order valence-corrected chi connectivity index (χ0v) is 17.5. The Morgan fingerprint density at radius 3 is 2.62 bits per heavy atom. The lowest BCUT2D eigenvalue weighted by Gasteiger charge is -2.22. The molecule has 0 radical (unpaired) electrons. The van der Waals surface area contributed by atoms with Crippen LogP contribution in [0.2, 0.25) is 0 Å². The van der Waals surface area contributed by atoms with Crippen molar-refractivity contribution in [1.29, 1.82) is 0 Å². The lowest BCUT2D eigenvalue weighted by molar-refractivity contribution is -0.119. The van der Waals surface area contributed by atoms with Crippen molar-refractivity contribution >= 4 is 23.7 Å². The third-order valence-corrected chi connectivity index (χ3v) is 5.58. The summed E-state index contributed by atoms with van der Waals surface area (Å²) in [7, 11) is 0. The van der Waals surface area contributed by atoms with Crippen molar-refractivity contribution in [3.8, 4) is 17.2 Å². The van der Waals surface area contributed by atoms with Crippen molar-refractivity contribution in [2.24, 2.45) is 0 Å². The van der Waals surface area contributed by atoms with E-state index in [2.05, 4.69) is 20.8 Å². The van der Waals surface area contributed by atoms with Crippen LogP contribution in [0.5, 0.6) is 5.75 Å². The molecule has 1 saturated carbocycles. The van der Waals surface area contributed by atoms with Crippen LogP contribution in [0.15, 0.2) is 33.9 Å². The molecule has 1 fully saturated rings. The summed E-state index contributed by atoms with van der Waals surface area (Å²) in [6.45, 7) is 4.21. The molecule has 8 nitrogen and oxygen atoms in total. The van der Waals surface area contributed by atoms with Crippen LogP contribution in [0.1, 0.15) is 46.0 Å². The van der Waals surface area contributed by atoms with Gasteiger partial charge in [0.1, 0.15) is 5.75 Å². The smallest absolute Gasteiger partial charge is 0.321 e. The average molecular weight is 419 g/mol. The summed E-state index contributed by atoms with van der Waals surface area (Å²) in [5.74, 6) is 0.726. The number of imide groups is 1.